The van der Waals surface area contributed by atoms with Crippen LogP contribution < -0.4 is 0 Å². The van der Waals surface area contributed by atoms with Crippen molar-refractivity contribution in [1.29, 1.82) is 0 Å². The molecule has 0 saturated heterocycles. The molecule has 0 aromatic rings. The van der Waals surface area contributed by atoms with E-state index in [1.54, 1.807) is 0 Å². The van der Waals surface area contributed by atoms with Crippen molar-refractivity contribution < 1.29 is 17.2 Å². The highest BCUT2D eigenvalue weighted by Crippen LogP contribution is 2.17. The zero-order chi connectivity index (χ0) is 25.9. The Balaban J connectivity index is 3.84. The zero-order valence-corrected chi connectivity index (χ0v) is 24.3. The topological polar surface area (TPSA) is 63.6 Å². The SMILES string of the molecule is CCCCCCCCCCCC/C=C/C(CCCCCCCCCCCCCC)COS(=O)(=O)O. The normalized spacial score (nSPS) is 13.1. The molecule has 0 fully saturated rings. The van der Waals surface area contributed by atoms with Gasteiger partial charge in [-0.25, -0.2) is 4.18 Å². The maximum absolute atomic E-state index is 11.0. The first-order chi connectivity index (χ1) is 17.0. The summed E-state index contributed by atoms with van der Waals surface area (Å²) in [6.07, 6.45) is 35.4. The van der Waals surface area contributed by atoms with E-state index in [0.29, 0.717) is 0 Å². The lowest BCUT2D eigenvalue weighted by Crippen LogP contribution is -2.12. The summed E-state index contributed by atoms with van der Waals surface area (Å²) in [7, 11) is -4.36. The van der Waals surface area contributed by atoms with Crippen LogP contribution in [-0.4, -0.2) is 19.6 Å². The fraction of sp³-hybridized carbons (Fsp3) is 0.933. The van der Waals surface area contributed by atoms with Gasteiger partial charge in [0, 0.05) is 5.92 Å². The first-order valence-electron chi connectivity index (χ1n) is 15.3. The molecule has 1 N–H and O–H groups in total. The highest BCUT2D eigenvalue weighted by molar-refractivity contribution is 7.80. The van der Waals surface area contributed by atoms with Gasteiger partial charge in [-0.3, -0.25) is 4.55 Å². The molecule has 0 saturated carbocycles. The second-order valence-corrected chi connectivity index (χ2v) is 11.6. The van der Waals surface area contributed by atoms with E-state index in [4.69, 9.17) is 4.55 Å². The number of rotatable bonds is 28. The van der Waals surface area contributed by atoms with E-state index in [9.17, 15) is 8.42 Å². The van der Waals surface area contributed by atoms with E-state index in [1.807, 2.05) is 0 Å². The third kappa shape index (κ3) is 29.7. The Morgan fingerprint density at radius 3 is 1.37 bits per heavy atom. The predicted octanol–water partition coefficient (Wildman–Crippen LogP) is 10.4. The highest BCUT2D eigenvalue weighted by atomic mass is 32.3. The van der Waals surface area contributed by atoms with Crippen LogP contribution >= 0.6 is 0 Å². The van der Waals surface area contributed by atoms with E-state index in [1.165, 1.54) is 135 Å². The van der Waals surface area contributed by atoms with Crippen LogP contribution in [0.4, 0.5) is 0 Å². The van der Waals surface area contributed by atoms with Gasteiger partial charge in [0.15, 0.2) is 0 Å². The van der Waals surface area contributed by atoms with Gasteiger partial charge in [0.2, 0.25) is 0 Å². The van der Waals surface area contributed by atoms with E-state index >= 15 is 0 Å². The van der Waals surface area contributed by atoms with Crippen LogP contribution in [0, 0.1) is 5.92 Å². The summed E-state index contributed by atoms with van der Waals surface area (Å²) < 4.78 is 35.6. The maximum Gasteiger partial charge on any atom is 0.397 e. The standard InChI is InChI=1S/C30H60O4S/c1-3-5-7-9-11-13-15-17-19-21-23-25-27-30(29-34-35(31,32)33)28-26-24-22-20-18-16-14-12-10-8-6-4-2/h25,27,30H,3-24,26,28-29H2,1-2H3,(H,31,32,33)/b27-25+. The van der Waals surface area contributed by atoms with Crippen molar-refractivity contribution in [3.05, 3.63) is 12.2 Å². The molecule has 0 aromatic heterocycles. The van der Waals surface area contributed by atoms with Crippen LogP contribution in [-0.2, 0) is 14.6 Å². The molecule has 0 heterocycles. The van der Waals surface area contributed by atoms with Gasteiger partial charge in [-0.1, -0.05) is 161 Å². The molecular formula is C30H60O4S. The van der Waals surface area contributed by atoms with Crippen LogP contribution in [0.2, 0.25) is 0 Å². The van der Waals surface area contributed by atoms with Crippen molar-refractivity contribution in [1.82, 2.24) is 0 Å². The van der Waals surface area contributed by atoms with Gasteiger partial charge in [-0.15, -0.1) is 0 Å². The van der Waals surface area contributed by atoms with Crippen molar-refractivity contribution in [2.75, 3.05) is 6.61 Å². The summed E-state index contributed by atoms with van der Waals surface area (Å²) in [6.45, 7) is 4.57. The average molecular weight is 517 g/mol. The minimum Gasteiger partial charge on any atom is -0.264 e. The lowest BCUT2D eigenvalue weighted by molar-refractivity contribution is 0.234. The minimum atomic E-state index is -4.36. The predicted molar refractivity (Wildman–Crippen MR) is 152 cm³/mol. The maximum atomic E-state index is 11.0. The molecule has 210 valence electrons. The second kappa shape index (κ2) is 26.7. The molecule has 0 amide bonds. The van der Waals surface area contributed by atoms with E-state index in [-0.39, 0.29) is 12.5 Å². The van der Waals surface area contributed by atoms with Crippen LogP contribution in [0.5, 0.6) is 0 Å². The van der Waals surface area contributed by atoms with Gasteiger partial charge in [-0.05, 0) is 19.3 Å². The number of hydrogen-bond donors (Lipinski definition) is 1. The second-order valence-electron chi connectivity index (χ2n) is 10.5. The Morgan fingerprint density at radius 1 is 0.600 bits per heavy atom. The van der Waals surface area contributed by atoms with Crippen molar-refractivity contribution in [3.8, 4) is 0 Å². The van der Waals surface area contributed by atoms with E-state index in [2.05, 4.69) is 30.2 Å². The number of hydrogen-bond acceptors (Lipinski definition) is 3. The Hall–Kier alpha value is -0.390. The molecule has 0 bridgehead atoms. The monoisotopic (exact) mass is 516 g/mol. The highest BCUT2D eigenvalue weighted by Gasteiger charge is 2.11. The fourth-order valence-electron chi connectivity index (χ4n) is 4.69. The van der Waals surface area contributed by atoms with Crippen LogP contribution in [0.1, 0.15) is 168 Å². The average Bonchev–Trinajstić information content (AvgIpc) is 2.82. The summed E-state index contributed by atoms with van der Waals surface area (Å²) in [5.74, 6) is 0.0585. The molecule has 1 unspecified atom stereocenters. The summed E-state index contributed by atoms with van der Waals surface area (Å²) in [5.41, 5.74) is 0. The lowest BCUT2D eigenvalue weighted by Gasteiger charge is -2.12. The van der Waals surface area contributed by atoms with Gasteiger partial charge in [0.1, 0.15) is 0 Å². The Kier molecular flexibility index (Phi) is 26.4. The van der Waals surface area contributed by atoms with Gasteiger partial charge in [-0.2, -0.15) is 8.42 Å². The molecule has 35 heavy (non-hydrogen) atoms. The first-order valence-corrected chi connectivity index (χ1v) is 16.6. The Bertz CT molecular complexity index is 545. The minimum absolute atomic E-state index is 0.0470. The van der Waals surface area contributed by atoms with Crippen molar-refractivity contribution in [2.45, 2.75) is 168 Å². The molecule has 0 radical (unpaired) electrons. The summed E-state index contributed by atoms with van der Waals surface area (Å²) in [6, 6.07) is 0. The van der Waals surface area contributed by atoms with Crippen molar-refractivity contribution in [2.24, 2.45) is 5.92 Å². The van der Waals surface area contributed by atoms with E-state index in [0.717, 1.165) is 19.3 Å². The molecule has 5 heteroatoms. The smallest absolute Gasteiger partial charge is 0.264 e. The van der Waals surface area contributed by atoms with Gasteiger partial charge in [0.25, 0.3) is 0 Å². The van der Waals surface area contributed by atoms with Crippen molar-refractivity contribution >= 4 is 10.4 Å². The third-order valence-corrected chi connectivity index (χ3v) is 7.43. The van der Waals surface area contributed by atoms with Gasteiger partial charge in [0.05, 0.1) is 6.61 Å². The molecule has 0 rings (SSSR count). The molecular weight excluding hydrogens is 456 g/mol. The number of allylic oxidation sites excluding steroid dienone is 1. The molecule has 1 atom stereocenters. The first kappa shape index (κ1) is 34.6. The zero-order valence-electron chi connectivity index (χ0n) is 23.5. The molecule has 0 spiro atoms. The van der Waals surface area contributed by atoms with Gasteiger partial charge < -0.3 is 0 Å². The lowest BCUT2D eigenvalue weighted by atomic mass is 9.99. The molecule has 0 aromatic carbocycles. The Morgan fingerprint density at radius 2 is 0.971 bits per heavy atom. The molecule has 0 aliphatic carbocycles. The van der Waals surface area contributed by atoms with Crippen LogP contribution in [0.15, 0.2) is 12.2 Å². The molecule has 4 nitrogen and oxygen atoms in total. The third-order valence-electron chi connectivity index (χ3n) is 6.99. The number of unbranched alkanes of at least 4 members (excludes halogenated alkanes) is 21. The Labute approximate surface area is 220 Å². The fourth-order valence-corrected chi connectivity index (χ4v) is 5.04. The summed E-state index contributed by atoms with van der Waals surface area (Å²) in [4.78, 5) is 0. The van der Waals surface area contributed by atoms with Crippen LogP contribution in [0.3, 0.4) is 0 Å². The molecule has 0 aliphatic heterocycles. The summed E-state index contributed by atoms with van der Waals surface area (Å²) in [5, 5.41) is 0. The van der Waals surface area contributed by atoms with Crippen molar-refractivity contribution in [3.63, 3.8) is 0 Å². The quantitative estimate of drug-likeness (QED) is 0.0638. The molecule has 0 aliphatic rings. The largest absolute Gasteiger partial charge is 0.397 e. The van der Waals surface area contributed by atoms with Crippen LogP contribution in [0.25, 0.3) is 0 Å². The van der Waals surface area contributed by atoms with E-state index < -0.39 is 10.4 Å². The summed E-state index contributed by atoms with van der Waals surface area (Å²) >= 11 is 0. The van der Waals surface area contributed by atoms with Gasteiger partial charge >= 0.3 is 10.4 Å².